The van der Waals surface area contributed by atoms with Crippen molar-refractivity contribution >= 4 is 11.8 Å². The largest absolute Gasteiger partial charge is 0.374 e. The maximum Gasteiger partial charge on any atom is 0.237 e. The van der Waals surface area contributed by atoms with Gasteiger partial charge in [0.05, 0.1) is 24.7 Å². The number of primary amides is 1. The second-order valence-corrected chi connectivity index (χ2v) is 6.36. The zero-order valence-corrected chi connectivity index (χ0v) is 13.2. The fourth-order valence-electron chi connectivity index (χ4n) is 3.54. The van der Waals surface area contributed by atoms with E-state index in [1.807, 2.05) is 20.8 Å². The molecule has 3 N–H and O–H groups in total. The van der Waals surface area contributed by atoms with Crippen LogP contribution in [0.2, 0.25) is 0 Å². The Morgan fingerprint density at radius 2 is 2.00 bits per heavy atom. The molecule has 120 valence electrons. The molecule has 6 heteroatoms. The van der Waals surface area contributed by atoms with Gasteiger partial charge in [-0.15, -0.1) is 0 Å². The summed E-state index contributed by atoms with van der Waals surface area (Å²) in [5, 5.41) is 3.29. The molecule has 5 atom stereocenters. The molecule has 21 heavy (non-hydrogen) atoms. The van der Waals surface area contributed by atoms with Gasteiger partial charge in [0.1, 0.15) is 0 Å². The molecular weight excluding hydrogens is 270 g/mol. The monoisotopic (exact) mass is 297 g/mol. The molecule has 0 radical (unpaired) electrons. The number of nitrogens with one attached hydrogen (secondary N) is 1. The number of carbonyl (C=O) groups excluding carboxylic acids is 2. The number of ether oxygens (including phenoxy) is 1. The Labute approximate surface area is 126 Å². The van der Waals surface area contributed by atoms with Crippen molar-refractivity contribution in [3.05, 3.63) is 0 Å². The van der Waals surface area contributed by atoms with Crippen molar-refractivity contribution in [1.29, 1.82) is 0 Å². The fraction of sp³-hybridized carbons (Fsp3) is 0.867. The zero-order valence-electron chi connectivity index (χ0n) is 13.2. The van der Waals surface area contributed by atoms with E-state index in [1.54, 1.807) is 4.90 Å². The molecule has 6 nitrogen and oxygen atoms in total. The Morgan fingerprint density at radius 3 is 2.48 bits per heavy atom. The van der Waals surface area contributed by atoms with E-state index in [9.17, 15) is 9.59 Å². The highest BCUT2D eigenvalue weighted by atomic mass is 16.5. The summed E-state index contributed by atoms with van der Waals surface area (Å²) in [6.45, 7) is 7.66. The van der Waals surface area contributed by atoms with Crippen LogP contribution in [0.3, 0.4) is 0 Å². The minimum atomic E-state index is -0.457. The van der Waals surface area contributed by atoms with Crippen LogP contribution in [0.25, 0.3) is 0 Å². The van der Waals surface area contributed by atoms with Crippen LogP contribution in [0.15, 0.2) is 0 Å². The van der Waals surface area contributed by atoms with Gasteiger partial charge in [0.2, 0.25) is 11.8 Å². The van der Waals surface area contributed by atoms with Crippen molar-refractivity contribution in [1.82, 2.24) is 10.2 Å². The molecule has 0 aliphatic carbocycles. The number of hydrogen-bond acceptors (Lipinski definition) is 4. The Balaban J connectivity index is 2.15. The summed E-state index contributed by atoms with van der Waals surface area (Å²) in [6, 6.07) is 0.0501. The molecule has 2 aliphatic rings. The van der Waals surface area contributed by atoms with Crippen molar-refractivity contribution in [3.63, 3.8) is 0 Å². The molecule has 2 aliphatic heterocycles. The predicted molar refractivity (Wildman–Crippen MR) is 79.5 cm³/mol. The van der Waals surface area contributed by atoms with Crippen molar-refractivity contribution in [3.8, 4) is 0 Å². The molecular formula is C15H27N3O3. The van der Waals surface area contributed by atoms with Crippen molar-refractivity contribution < 1.29 is 14.3 Å². The third kappa shape index (κ3) is 3.55. The second-order valence-electron chi connectivity index (χ2n) is 6.36. The van der Waals surface area contributed by atoms with Gasteiger partial charge in [0.15, 0.2) is 0 Å². The summed E-state index contributed by atoms with van der Waals surface area (Å²) in [4.78, 5) is 26.0. The normalized spacial score (nSPS) is 36.4. The molecule has 2 amide bonds. The minimum Gasteiger partial charge on any atom is -0.374 e. The van der Waals surface area contributed by atoms with Gasteiger partial charge in [0.25, 0.3) is 0 Å². The highest BCUT2D eigenvalue weighted by molar-refractivity contribution is 5.86. The molecule has 2 rings (SSSR count). The van der Waals surface area contributed by atoms with Crippen molar-refractivity contribution in [2.75, 3.05) is 19.6 Å². The molecule has 0 aromatic rings. The van der Waals surface area contributed by atoms with Crippen molar-refractivity contribution in [2.24, 2.45) is 17.6 Å². The van der Waals surface area contributed by atoms with E-state index in [2.05, 4.69) is 5.32 Å². The molecule has 0 bridgehead atoms. The van der Waals surface area contributed by atoms with E-state index in [-0.39, 0.29) is 42.5 Å². The number of nitrogens with two attached hydrogens (primary N) is 1. The van der Waals surface area contributed by atoms with Crippen LogP contribution in [0.1, 0.15) is 33.6 Å². The van der Waals surface area contributed by atoms with Gasteiger partial charge >= 0.3 is 0 Å². The van der Waals surface area contributed by atoms with Crippen LogP contribution in [0.5, 0.6) is 0 Å². The third-order valence-corrected chi connectivity index (χ3v) is 4.85. The maximum absolute atomic E-state index is 13.0. The van der Waals surface area contributed by atoms with E-state index in [0.717, 1.165) is 25.9 Å². The number of nitrogens with zero attached hydrogens (tertiary/aromatic N) is 1. The van der Waals surface area contributed by atoms with Gasteiger partial charge in [-0.3, -0.25) is 9.59 Å². The first kappa shape index (κ1) is 16.2. The van der Waals surface area contributed by atoms with Gasteiger partial charge in [-0.1, -0.05) is 6.92 Å². The summed E-state index contributed by atoms with van der Waals surface area (Å²) in [5.41, 5.74) is 5.35. The average Bonchev–Trinajstić information content (AvgIpc) is 2.70. The lowest BCUT2D eigenvalue weighted by atomic mass is 9.87. The lowest BCUT2D eigenvalue weighted by Crippen LogP contribution is -2.54. The van der Waals surface area contributed by atoms with Gasteiger partial charge < -0.3 is 20.7 Å². The van der Waals surface area contributed by atoms with Gasteiger partial charge in [-0.25, -0.2) is 0 Å². The summed E-state index contributed by atoms with van der Waals surface area (Å²) >= 11 is 0. The summed E-state index contributed by atoms with van der Waals surface area (Å²) in [6.07, 6.45) is 1.87. The maximum atomic E-state index is 13.0. The highest BCUT2D eigenvalue weighted by Gasteiger charge is 2.44. The number of hydrogen-bond donors (Lipinski definition) is 2. The van der Waals surface area contributed by atoms with E-state index in [4.69, 9.17) is 10.5 Å². The van der Waals surface area contributed by atoms with Gasteiger partial charge in [0, 0.05) is 12.6 Å². The second kappa shape index (κ2) is 6.75. The van der Waals surface area contributed by atoms with Crippen LogP contribution in [0, 0.1) is 11.8 Å². The van der Waals surface area contributed by atoms with E-state index >= 15 is 0 Å². The van der Waals surface area contributed by atoms with Crippen LogP contribution in [-0.2, 0) is 14.3 Å². The summed E-state index contributed by atoms with van der Waals surface area (Å²) in [5.74, 6) is -0.492. The molecule has 2 heterocycles. The van der Waals surface area contributed by atoms with Crippen molar-refractivity contribution in [2.45, 2.75) is 51.9 Å². The van der Waals surface area contributed by atoms with Crippen LogP contribution < -0.4 is 11.1 Å². The van der Waals surface area contributed by atoms with Gasteiger partial charge in [-0.05, 0) is 39.2 Å². The van der Waals surface area contributed by atoms with Crippen LogP contribution in [-0.4, -0.2) is 54.6 Å². The highest BCUT2D eigenvalue weighted by Crippen LogP contribution is 2.34. The summed E-state index contributed by atoms with van der Waals surface area (Å²) in [7, 11) is 0. The van der Waals surface area contributed by atoms with Crippen LogP contribution >= 0.6 is 0 Å². The molecule has 0 spiro atoms. The van der Waals surface area contributed by atoms with Crippen LogP contribution in [0.4, 0.5) is 0 Å². The lowest BCUT2D eigenvalue weighted by molar-refractivity contribution is -0.143. The Kier molecular flexibility index (Phi) is 5.22. The molecule has 0 aromatic heterocycles. The standard InChI is InChI=1S/C15H27N3O3/c1-9-10(2)21-11(3)14(9)15(20)18(8-13(16)19)12-5-4-6-17-7-12/h9-12,14,17H,4-8H2,1-3H3,(H2,16,19). The first-order valence-corrected chi connectivity index (χ1v) is 7.86. The first-order chi connectivity index (χ1) is 9.91. The number of amides is 2. The third-order valence-electron chi connectivity index (χ3n) is 4.85. The fourth-order valence-corrected chi connectivity index (χ4v) is 3.54. The number of piperidine rings is 1. The first-order valence-electron chi connectivity index (χ1n) is 7.86. The number of carbonyl (C=O) groups is 2. The summed E-state index contributed by atoms with van der Waals surface area (Å²) < 4.78 is 5.77. The average molecular weight is 297 g/mol. The van der Waals surface area contributed by atoms with E-state index in [0.29, 0.717) is 0 Å². The Morgan fingerprint density at radius 1 is 1.29 bits per heavy atom. The SMILES string of the molecule is CC1OC(C)C(C(=O)N(CC(N)=O)C2CCCNC2)C1C. The quantitative estimate of drug-likeness (QED) is 0.771. The Hall–Kier alpha value is -1.14. The zero-order chi connectivity index (χ0) is 15.6. The predicted octanol–water partition coefficient (Wildman–Crippen LogP) is 0.112. The van der Waals surface area contributed by atoms with E-state index < -0.39 is 5.91 Å². The topological polar surface area (TPSA) is 84.7 Å². The molecule has 0 aromatic carbocycles. The number of rotatable bonds is 4. The molecule has 2 saturated heterocycles. The Bertz CT molecular complexity index is 396. The minimum absolute atomic E-state index is 0.00446. The van der Waals surface area contributed by atoms with E-state index in [1.165, 1.54) is 0 Å². The smallest absolute Gasteiger partial charge is 0.237 e. The molecule has 0 saturated carbocycles. The lowest BCUT2D eigenvalue weighted by Gasteiger charge is -2.36. The van der Waals surface area contributed by atoms with Gasteiger partial charge in [-0.2, -0.15) is 0 Å². The molecule has 2 fully saturated rings. The molecule has 5 unspecified atom stereocenters.